The van der Waals surface area contributed by atoms with E-state index in [0.29, 0.717) is 5.75 Å². The molecule has 0 spiro atoms. The molecule has 1 atom stereocenters. The van der Waals surface area contributed by atoms with E-state index < -0.39 is 11.7 Å². The highest BCUT2D eigenvalue weighted by Crippen LogP contribution is 2.35. The molecular weight excluding hydrogens is 234 g/mol. The maximum atomic E-state index is 11.9. The van der Waals surface area contributed by atoms with Gasteiger partial charge in [0, 0.05) is 18.9 Å². The van der Waals surface area contributed by atoms with Gasteiger partial charge in [-0.2, -0.15) is 0 Å². The Kier molecular flexibility index (Phi) is 2.98. The number of fused-ring (bicyclic) bond motifs is 1. The molecule has 1 aliphatic rings. The Labute approximate surface area is 105 Å². The number of rotatable bonds is 2. The Bertz CT molecular complexity index is 512. The topological polar surface area (TPSA) is 64.6 Å². The van der Waals surface area contributed by atoms with Crippen molar-refractivity contribution in [3.8, 4) is 5.75 Å². The SMILES string of the molecule is COC(=O)C1(NC(C)=O)Cc2ccc(C)cc2O1. The number of benzene rings is 1. The van der Waals surface area contributed by atoms with E-state index in [2.05, 4.69) is 5.32 Å². The summed E-state index contributed by atoms with van der Waals surface area (Å²) in [6.45, 7) is 3.27. The molecule has 18 heavy (non-hydrogen) atoms. The van der Waals surface area contributed by atoms with Crippen molar-refractivity contribution < 1.29 is 19.1 Å². The van der Waals surface area contributed by atoms with Crippen molar-refractivity contribution in [2.24, 2.45) is 0 Å². The second kappa shape index (κ2) is 4.33. The molecular formula is C13H15NO4. The minimum Gasteiger partial charge on any atom is -0.465 e. The summed E-state index contributed by atoms with van der Waals surface area (Å²) in [6.07, 6.45) is 0.273. The van der Waals surface area contributed by atoms with Gasteiger partial charge < -0.3 is 14.8 Å². The lowest BCUT2D eigenvalue weighted by Gasteiger charge is -2.26. The smallest absolute Gasteiger partial charge is 0.372 e. The number of carbonyl (C=O) groups excluding carboxylic acids is 2. The maximum Gasteiger partial charge on any atom is 0.372 e. The standard InChI is InChI=1S/C13H15NO4/c1-8-4-5-10-7-13(12(16)17-3,14-9(2)15)18-11(10)6-8/h4-6H,7H2,1-3H3,(H,14,15). The normalized spacial score (nSPS) is 20.8. The number of hydrogen-bond acceptors (Lipinski definition) is 4. The van der Waals surface area contributed by atoms with E-state index in [9.17, 15) is 9.59 Å². The van der Waals surface area contributed by atoms with Crippen LogP contribution in [0.2, 0.25) is 0 Å². The number of aryl methyl sites for hydroxylation is 1. The molecule has 1 aromatic carbocycles. The predicted molar refractivity (Wildman–Crippen MR) is 64.1 cm³/mol. The molecule has 0 saturated carbocycles. The number of nitrogens with one attached hydrogen (secondary N) is 1. The van der Waals surface area contributed by atoms with Gasteiger partial charge in [0.2, 0.25) is 5.91 Å². The van der Waals surface area contributed by atoms with Crippen LogP contribution in [0.25, 0.3) is 0 Å². The first-order valence-corrected chi connectivity index (χ1v) is 5.62. The first kappa shape index (κ1) is 12.4. The molecule has 96 valence electrons. The van der Waals surface area contributed by atoms with Crippen LogP contribution < -0.4 is 10.1 Å². The molecule has 1 aliphatic heterocycles. The van der Waals surface area contributed by atoms with Gasteiger partial charge in [-0.25, -0.2) is 4.79 Å². The Hall–Kier alpha value is -2.04. The van der Waals surface area contributed by atoms with Gasteiger partial charge in [-0.3, -0.25) is 4.79 Å². The molecule has 0 radical (unpaired) electrons. The molecule has 5 heteroatoms. The molecule has 1 N–H and O–H groups in total. The zero-order valence-corrected chi connectivity index (χ0v) is 10.6. The van der Waals surface area contributed by atoms with Gasteiger partial charge in [0.1, 0.15) is 5.75 Å². The molecule has 0 aliphatic carbocycles. The number of hydrogen-bond donors (Lipinski definition) is 1. The van der Waals surface area contributed by atoms with Crippen molar-refractivity contribution in [1.82, 2.24) is 5.32 Å². The van der Waals surface area contributed by atoms with Gasteiger partial charge in [-0.15, -0.1) is 0 Å². The lowest BCUT2D eigenvalue weighted by molar-refractivity contribution is -0.163. The maximum absolute atomic E-state index is 11.9. The molecule has 0 saturated heterocycles. The average Bonchev–Trinajstić information content (AvgIpc) is 2.65. The zero-order chi connectivity index (χ0) is 13.3. The van der Waals surface area contributed by atoms with Crippen molar-refractivity contribution >= 4 is 11.9 Å². The average molecular weight is 249 g/mol. The fourth-order valence-electron chi connectivity index (χ4n) is 2.08. The van der Waals surface area contributed by atoms with E-state index in [1.54, 1.807) is 0 Å². The van der Waals surface area contributed by atoms with Crippen molar-refractivity contribution in [1.29, 1.82) is 0 Å². The number of amides is 1. The molecule has 2 rings (SSSR count). The van der Waals surface area contributed by atoms with Crippen molar-refractivity contribution in [3.63, 3.8) is 0 Å². The molecule has 1 heterocycles. The highest BCUT2D eigenvalue weighted by atomic mass is 16.6. The van der Waals surface area contributed by atoms with E-state index in [1.807, 2.05) is 25.1 Å². The summed E-state index contributed by atoms with van der Waals surface area (Å²) in [7, 11) is 1.27. The second-order valence-corrected chi connectivity index (χ2v) is 4.39. The molecule has 0 bridgehead atoms. The van der Waals surface area contributed by atoms with E-state index >= 15 is 0 Å². The van der Waals surface area contributed by atoms with Crippen LogP contribution in [-0.4, -0.2) is 24.7 Å². The van der Waals surface area contributed by atoms with E-state index in [4.69, 9.17) is 9.47 Å². The summed E-state index contributed by atoms with van der Waals surface area (Å²) in [6, 6.07) is 5.66. The molecule has 0 aromatic heterocycles. The van der Waals surface area contributed by atoms with Crippen LogP contribution in [-0.2, 0) is 20.7 Å². The number of methoxy groups -OCH3 is 1. The summed E-state index contributed by atoms with van der Waals surface area (Å²) in [5.74, 6) is -0.342. The van der Waals surface area contributed by atoms with Gasteiger partial charge in [0.25, 0.3) is 5.72 Å². The number of esters is 1. The van der Waals surface area contributed by atoms with Crippen LogP contribution in [0.1, 0.15) is 18.1 Å². The molecule has 5 nitrogen and oxygen atoms in total. The summed E-state index contributed by atoms with van der Waals surface area (Å²) in [4.78, 5) is 23.1. The van der Waals surface area contributed by atoms with Crippen LogP contribution in [0, 0.1) is 6.92 Å². The third-order valence-corrected chi connectivity index (χ3v) is 2.84. The molecule has 1 amide bonds. The van der Waals surface area contributed by atoms with E-state index in [-0.39, 0.29) is 12.3 Å². The van der Waals surface area contributed by atoms with E-state index in [1.165, 1.54) is 14.0 Å². The van der Waals surface area contributed by atoms with Crippen LogP contribution in [0.5, 0.6) is 5.75 Å². The largest absolute Gasteiger partial charge is 0.465 e. The Morgan fingerprint density at radius 2 is 2.17 bits per heavy atom. The van der Waals surface area contributed by atoms with Crippen molar-refractivity contribution in [2.75, 3.05) is 7.11 Å². The first-order valence-electron chi connectivity index (χ1n) is 5.62. The highest BCUT2D eigenvalue weighted by Gasteiger charge is 2.48. The van der Waals surface area contributed by atoms with Crippen LogP contribution in [0.4, 0.5) is 0 Å². The third kappa shape index (κ3) is 2.03. The van der Waals surface area contributed by atoms with Gasteiger partial charge in [0.05, 0.1) is 7.11 Å². The van der Waals surface area contributed by atoms with E-state index in [0.717, 1.165) is 11.1 Å². The van der Waals surface area contributed by atoms with Crippen LogP contribution in [0.15, 0.2) is 18.2 Å². The molecule has 1 unspecified atom stereocenters. The monoisotopic (exact) mass is 249 g/mol. The summed E-state index contributed by atoms with van der Waals surface area (Å²) in [5.41, 5.74) is 0.466. The molecule has 1 aromatic rings. The number of carbonyl (C=O) groups is 2. The lowest BCUT2D eigenvalue weighted by Crippen LogP contribution is -2.58. The highest BCUT2D eigenvalue weighted by molar-refractivity contribution is 5.87. The predicted octanol–water partition coefficient (Wildman–Crippen LogP) is 0.935. The quantitative estimate of drug-likeness (QED) is 0.792. The third-order valence-electron chi connectivity index (χ3n) is 2.84. The summed E-state index contributed by atoms with van der Waals surface area (Å²) in [5, 5.41) is 2.54. The Morgan fingerprint density at radius 1 is 1.44 bits per heavy atom. The van der Waals surface area contributed by atoms with Gasteiger partial charge >= 0.3 is 5.97 Å². The minimum absolute atomic E-state index is 0.273. The lowest BCUT2D eigenvalue weighted by atomic mass is 10.0. The first-order chi connectivity index (χ1) is 8.47. The molecule has 0 fully saturated rings. The van der Waals surface area contributed by atoms with Crippen molar-refractivity contribution in [2.45, 2.75) is 26.0 Å². The second-order valence-electron chi connectivity index (χ2n) is 4.39. The van der Waals surface area contributed by atoms with Gasteiger partial charge in [0.15, 0.2) is 0 Å². The Morgan fingerprint density at radius 3 is 2.78 bits per heavy atom. The van der Waals surface area contributed by atoms with Gasteiger partial charge in [-0.05, 0) is 18.6 Å². The zero-order valence-electron chi connectivity index (χ0n) is 10.6. The summed E-state index contributed by atoms with van der Waals surface area (Å²) < 4.78 is 10.4. The van der Waals surface area contributed by atoms with Crippen LogP contribution >= 0.6 is 0 Å². The minimum atomic E-state index is -1.43. The fourth-order valence-corrected chi connectivity index (χ4v) is 2.08. The van der Waals surface area contributed by atoms with Crippen LogP contribution in [0.3, 0.4) is 0 Å². The fraction of sp³-hybridized carbons (Fsp3) is 0.385. The number of ether oxygens (including phenoxy) is 2. The summed E-state index contributed by atoms with van der Waals surface area (Å²) >= 11 is 0. The van der Waals surface area contributed by atoms with Crippen molar-refractivity contribution in [3.05, 3.63) is 29.3 Å². The van der Waals surface area contributed by atoms with Gasteiger partial charge in [-0.1, -0.05) is 12.1 Å². The Balaban J connectivity index is 2.37.